The maximum Gasteiger partial charge on any atom is 0.419 e. The molecule has 38 heavy (non-hydrogen) atoms. The van der Waals surface area contributed by atoms with Gasteiger partial charge in [0.1, 0.15) is 24.0 Å². The van der Waals surface area contributed by atoms with Gasteiger partial charge in [-0.1, -0.05) is 60.7 Å². The fourth-order valence-electron chi connectivity index (χ4n) is 4.87. The van der Waals surface area contributed by atoms with Crippen molar-refractivity contribution >= 4 is 29.3 Å². The molecule has 1 aliphatic carbocycles. The molecule has 1 aliphatic rings. The molecule has 6 nitrogen and oxygen atoms in total. The van der Waals surface area contributed by atoms with Crippen LogP contribution in [0.3, 0.4) is 0 Å². The van der Waals surface area contributed by atoms with Crippen molar-refractivity contribution in [2.75, 3.05) is 5.73 Å². The molecule has 194 valence electrons. The molecule has 2 heterocycles. The van der Waals surface area contributed by atoms with Gasteiger partial charge >= 0.3 is 6.18 Å². The van der Waals surface area contributed by atoms with E-state index >= 15 is 0 Å². The molecule has 0 radical (unpaired) electrons. The van der Waals surface area contributed by atoms with Crippen LogP contribution in [-0.2, 0) is 25.6 Å². The van der Waals surface area contributed by atoms with Crippen LogP contribution in [0.4, 0.5) is 19.0 Å². The topological polar surface area (TPSA) is 89.7 Å². The van der Waals surface area contributed by atoms with Crippen LogP contribution in [0.15, 0.2) is 72.8 Å². The molecule has 0 spiro atoms. The monoisotopic (exact) mass is 537 g/mol. The fourth-order valence-corrected chi connectivity index (χ4v) is 4.87. The van der Waals surface area contributed by atoms with Crippen molar-refractivity contribution in [2.24, 2.45) is 0 Å². The van der Waals surface area contributed by atoms with Crippen molar-refractivity contribution in [3.63, 3.8) is 0 Å². The van der Waals surface area contributed by atoms with E-state index < -0.39 is 11.7 Å². The number of nitrogens with two attached hydrogens (primary N) is 1. The zero-order valence-electron chi connectivity index (χ0n) is 20.0. The Balaban J connectivity index is 0.00000294. The number of anilines is 1. The number of ether oxygens (including phenoxy) is 1. The molecular formula is C28H23ClF3N5O. The van der Waals surface area contributed by atoms with Crippen LogP contribution >= 0.6 is 12.4 Å². The SMILES string of the molecule is Cl.Nc1nc(C2Cc3ccccc3C2)nc2n[nH]c(-c3ccc(C(F)(F)F)c(OCc4ccccc4)c3)c12. The Bertz CT molecular complexity index is 1580. The fraction of sp³-hybridized carbons (Fsp3) is 0.179. The number of nitrogens with zero attached hydrogens (tertiary/aromatic N) is 3. The number of aromatic amines is 1. The smallest absolute Gasteiger partial charge is 0.419 e. The van der Waals surface area contributed by atoms with E-state index in [1.807, 2.05) is 18.2 Å². The van der Waals surface area contributed by atoms with E-state index in [1.165, 1.54) is 23.3 Å². The third kappa shape index (κ3) is 4.77. The number of rotatable bonds is 5. The minimum Gasteiger partial charge on any atom is -0.488 e. The summed E-state index contributed by atoms with van der Waals surface area (Å²) in [7, 11) is 0. The largest absolute Gasteiger partial charge is 0.488 e. The van der Waals surface area contributed by atoms with Gasteiger partial charge in [-0.05, 0) is 41.7 Å². The highest BCUT2D eigenvalue weighted by molar-refractivity contribution is 5.98. The van der Waals surface area contributed by atoms with E-state index in [4.69, 9.17) is 10.5 Å². The first-order valence-corrected chi connectivity index (χ1v) is 11.8. The van der Waals surface area contributed by atoms with Crippen molar-refractivity contribution < 1.29 is 17.9 Å². The van der Waals surface area contributed by atoms with Crippen molar-refractivity contribution in [3.8, 4) is 17.0 Å². The number of hydrogen-bond acceptors (Lipinski definition) is 5. The van der Waals surface area contributed by atoms with Gasteiger partial charge in [-0.3, -0.25) is 5.10 Å². The first-order chi connectivity index (χ1) is 17.9. The maximum atomic E-state index is 13.7. The number of aromatic nitrogens is 4. The predicted octanol–water partition coefficient (Wildman–Crippen LogP) is 6.50. The van der Waals surface area contributed by atoms with Crippen LogP contribution in [0.2, 0.25) is 0 Å². The van der Waals surface area contributed by atoms with Gasteiger partial charge in [0.25, 0.3) is 0 Å². The van der Waals surface area contributed by atoms with E-state index in [0.717, 1.165) is 24.5 Å². The molecule has 10 heteroatoms. The van der Waals surface area contributed by atoms with Crippen molar-refractivity contribution in [3.05, 3.63) is 101 Å². The molecule has 0 unspecified atom stereocenters. The molecule has 0 atom stereocenters. The summed E-state index contributed by atoms with van der Waals surface area (Å²) in [5.74, 6) is 0.648. The highest BCUT2D eigenvalue weighted by Crippen LogP contribution is 2.40. The molecule has 0 amide bonds. The highest BCUT2D eigenvalue weighted by atomic mass is 35.5. The summed E-state index contributed by atoms with van der Waals surface area (Å²) in [4.78, 5) is 9.23. The zero-order valence-corrected chi connectivity index (χ0v) is 20.8. The molecule has 0 saturated heterocycles. The zero-order chi connectivity index (χ0) is 25.6. The number of alkyl halides is 3. The summed E-state index contributed by atoms with van der Waals surface area (Å²) in [5, 5.41) is 7.67. The number of nitrogens with one attached hydrogen (secondary N) is 1. The van der Waals surface area contributed by atoms with Gasteiger partial charge < -0.3 is 10.5 Å². The molecule has 0 fully saturated rings. The van der Waals surface area contributed by atoms with Crippen LogP contribution in [-0.4, -0.2) is 20.2 Å². The predicted molar refractivity (Wildman–Crippen MR) is 141 cm³/mol. The summed E-state index contributed by atoms with van der Waals surface area (Å²) in [5.41, 5.74) is 10.0. The summed E-state index contributed by atoms with van der Waals surface area (Å²) >= 11 is 0. The summed E-state index contributed by atoms with van der Waals surface area (Å²) in [6, 6.07) is 21.0. The summed E-state index contributed by atoms with van der Waals surface area (Å²) in [6.45, 7) is -0.00448. The molecule has 0 aliphatic heterocycles. The van der Waals surface area contributed by atoms with Crippen LogP contribution in [0.25, 0.3) is 22.3 Å². The van der Waals surface area contributed by atoms with Gasteiger partial charge in [0, 0.05) is 11.5 Å². The van der Waals surface area contributed by atoms with E-state index in [9.17, 15) is 13.2 Å². The summed E-state index contributed by atoms with van der Waals surface area (Å²) < 4.78 is 46.8. The van der Waals surface area contributed by atoms with Crippen molar-refractivity contribution in [2.45, 2.75) is 31.5 Å². The average Bonchev–Trinajstić information content (AvgIpc) is 3.52. The van der Waals surface area contributed by atoms with E-state index in [1.54, 1.807) is 24.3 Å². The van der Waals surface area contributed by atoms with Gasteiger partial charge in [-0.25, -0.2) is 9.97 Å². The lowest BCUT2D eigenvalue weighted by molar-refractivity contribution is -0.139. The van der Waals surface area contributed by atoms with Crippen molar-refractivity contribution in [1.29, 1.82) is 0 Å². The second-order valence-corrected chi connectivity index (χ2v) is 9.12. The number of nitrogen functional groups attached to an aromatic ring is 1. The second-order valence-electron chi connectivity index (χ2n) is 9.12. The molecule has 3 N–H and O–H groups in total. The van der Waals surface area contributed by atoms with Crippen LogP contribution < -0.4 is 10.5 Å². The van der Waals surface area contributed by atoms with E-state index in [-0.39, 0.29) is 36.5 Å². The Morgan fingerprint density at radius 1 is 0.921 bits per heavy atom. The first kappa shape index (κ1) is 25.5. The quantitative estimate of drug-likeness (QED) is 0.267. The average molecular weight is 538 g/mol. The van der Waals surface area contributed by atoms with Gasteiger partial charge in [0.15, 0.2) is 5.65 Å². The Labute approximate surface area is 222 Å². The number of H-pyrrole nitrogens is 1. The van der Waals surface area contributed by atoms with Gasteiger partial charge in [-0.15, -0.1) is 12.4 Å². The standard InChI is InChI=1S/C28H22F3N5O.ClH/c29-28(30,31)21-11-10-19(14-22(21)37-15-16-6-2-1-3-7-16)24-23-25(32)33-26(34-27(23)36-35-24)20-12-17-8-4-5-9-18(17)13-20;/h1-11,14,20H,12-13,15H2,(H3,32,33,34,35,36);1H. The Hall–Kier alpha value is -4.11. The Morgan fingerprint density at radius 2 is 1.61 bits per heavy atom. The number of hydrogen-bond donors (Lipinski definition) is 2. The van der Waals surface area contributed by atoms with Gasteiger partial charge in [0.05, 0.1) is 16.6 Å². The third-order valence-electron chi connectivity index (χ3n) is 6.69. The molecule has 0 saturated carbocycles. The lowest BCUT2D eigenvalue weighted by Gasteiger charge is -2.15. The molecule has 0 bridgehead atoms. The molecule has 5 aromatic rings. The molecule has 2 aromatic heterocycles. The third-order valence-corrected chi connectivity index (χ3v) is 6.69. The van der Waals surface area contributed by atoms with E-state index in [0.29, 0.717) is 28.1 Å². The van der Waals surface area contributed by atoms with Crippen LogP contribution in [0.1, 0.15) is 34.0 Å². The number of benzene rings is 3. The molecule has 6 rings (SSSR count). The minimum absolute atomic E-state index is 0. The van der Waals surface area contributed by atoms with Gasteiger partial charge in [0.2, 0.25) is 0 Å². The molecule has 3 aromatic carbocycles. The Kier molecular flexibility index (Phi) is 6.71. The minimum atomic E-state index is -4.57. The molecular weight excluding hydrogens is 515 g/mol. The lowest BCUT2D eigenvalue weighted by atomic mass is 10.0. The van der Waals surface area contributed by atoms with Gasteiger partial charge in [-0.2, -0.15) is 18.3 Å². The Morgan fingerprint density at radius 3 is 2.29 bits per heavy atom. The first-order valence-electron chi connectivity index (χ1n) is 11.8. The van der Waals surface area contributed by atoms with Crippen LogP contribution in [0, 0.1) is 0 Å². The van der Waals surface area contributed by atoms with E-state index in [2.05, 4.69) is 32.3 Å². The maximum absolute atomic E-state index is 13.7. The summed E-state index contributed by atoms with van der Waals surface area (Å²) in [6.07, 6.45) is -2.94. The number of fused-ring (bicyclic) bond motifs is 2. The normalized spacial score (nSPS) is 13.3. The second kappa shape index (κ2) is 9.98. The highest BCUT2D eigenvalue weighted by Gasteiger charge is 2.35. The lowest BCUT2D eigenvalue weighted by Crippen LogP contribution is -2.09. The number of halogens is 4. The van der Waals surface area contributed by atoms with Crippen molar-refractivity contribution in [1.82, 2.24) is 20.2 Å². The van der Waals surface area contributed by atoms with Crippen LogP contribution in [0.5, 0.6) is 5.75 Å².